The van der Waals surface area contributed by atoms with E-state index in [1.807, 2.05) is 13.0 Å². The molecule has 0 atom stereocenters. The quantitative estimate of drug-likeness (QED) is 0.742. The fourth-order valence-electron chi connectivity index (χ4n) is 2.19. The van der Waals surface area contributed by atoms with Gasteiger partial charge in [-0.2, -0.15) is 0 Å². The number of anilines is 1. The monoisotopic (exact) mass is 361 g/mol. The second-order valence-corrected chi connectivity index (χ2v) is 5.45. The molecule has 2 rings (SSSR count). The molecule has 0 bridgehead atoms. The van der Waals surface area contributed by atoms with Gasteiger partial charge >= 0.3 is 0 Å². The van der Waals surface area contributed by atoms with Crippen LogP contribution in [0, 0.1) is 0 Å². The van der Waals surface area contributed by atoms with Gasteiger partial charge in [-0.05, 0) is 48.9 Å². The second-order valence-electron chi connectivity index (χ2n) is 5.01. The van der Waals surface area contributed by atoms with E-state index in [1.165, 1.54) is 13.2 Å². The molecule has 0 aliphatic heterocycles. The molecule has 0 fully saturated rings. The number of rotatable bonds is 7. The predicted molar refractivity (Wildman–Crippen MR) is 99.8 cm³/mol. The summed E-state index contributed by atoms with van der Waals surface area (Å²) in [7, 11) is 3.10. The Morgan fingerprint density at radius 2 is 1.80 bits per heavy atom. The minimum Gasteiger partial charge on any atom is -0.495 e. The summed E-state index contributed by atoms with van der Waals surface area (Å²) >= 11 is 5.95. The van der Waals surface area contributed by atoms with Gasteiger partial charge in [-0.15, -0.1) is 0 Å². The molecule has 5 nitrogen and oxygen atoms in total. The van der Waals surface area contributed by atoms with Crippen LogP contribution in [0.2, 0.25) is 5.02 Å². The first-order chi connectivity index (χ1) is 12.1. The Morgan fingerprint density at radius 3 is 2.48 bits per heavy atom. The summed E-state index contributed by atoms with van der Waals surface area (Å²) in [5.74, 6) is 1.51. The van der Waals surface area contributed by atoms with Crippen molar-refractivity contribution in [1.82, 2.24) is 0 Å². The summed E-state index contributed by atoms with van der Waals surface area (Å²) in [5.41, 5.74) is 1.32. The Bertz CT molecular complexity index is 774. The molecule has 2 aromatic carbocycles. The molecule has 1 N–H and O–H groups in total. The van der Waals surface area contributed by atoms with Gasteiger partial charge in [-0.3, -0.25) is 4.79 Å². The van der Waals surface area contributed by atoms with E-state index in [0.29, 0.717) is 34.6 Å². The first-order valence-corrected chi connectivity index (χ1v) is 8.08. The molecule has 0 aliphatic rings. The van der Waals surface area contributed by atoms with E-state index >= 15 is 0 Å². The topological polar surface area (TPSA) is 56.8 Å². The number of ether oxygens (including phenoxy) is 3. The van der Waals surface area contributed by atoms with Gasteiger partial charge in [-0.1, -0.05) is 17.7 Å². The fraction of sp³-hybridized carbons (Fsp3) is 0.211. The zero-order valence-electron chi connectivity index (χ0n) is 14.3. The number of amides is 1. The molecule has 0 spiro atoms. The molecule has 6 heteroatoms. The van der Waals surface area contributed by atoms with E-state index in [0.717, 1.165) is 5.56 Å². The van der Waals surface area contributed by atoms with Crippen molar-refractivity contribution >= 4 is 29.3 Å². The lowest BCUT2D eigenvalue weighted by molar-refractivity contribution is -0.111. The van der Waals surface area contributed by atoms with Crippen LogP contribution in [-0.2, 0) is 4.79 Å². The highest BCUT2D eigenvalue weighted by molar-refractivity contribution is 6.31. The van der Waals surface area contributed by atoms with Gasteiger partial charge in [0.2, 0.25) is 5.91 Å². The number of halogens is 1. The van der Waals surface area contributed by atoms with Crippen molar-refractivity contribution < 1.29 is 19.0 Å². The number of carbonyl (C=O) groups is 1. The lowest BCUT2D eigenvalue weighted by Crippen LogP contribution is -2.08. The number of carbonyl (C=O) groups excluding carboxylic acids is 1. The van der Waals surface area contributed by atoms with Crippen LogP contribution in [0.25, 0.3) is 6.08 Å². The Labute approximate surface area is 152 Å². The summed E-state index contributed by atoms with van der Waals surface area (Å²) in [4.78, 5) is 12.1. The Morgan fingerprint density at radius 1 is 1.08 bits per heavy atom. The van der Waals surface area contributed by atoms with E-state index in [2.05, 4.69) is 5.32 Å². The minimum atomic E-state index is -0.298. The largest absolute Gasteiger partial charge is 0.495 e. The van der Waals surface area contributed by atoms with Crippen molar-refractivity contribution in [2.75, 3.05) is 26.1 Å². The van der Waals surface area contributed by atoms with Gasteiger partial charge in [0, 0.05) is 11.1 Å². The number of hydrogen-bond acceptors (Lipinski definition) is 4. The van der Waals surface area contributed by atoms with Crippen LogP contribution in [0.4, 0.5) is 5.69 Å². The van der Waals surface area contributed by atoms with Crippen LogP contribution in [0.15, 0.2) is 42.5 Å². The average molecular weight is 362 g/mol. The molecule has 2 aromatic rings. The molecule has 132 valence electrons. The number of methoxy groups -OCH3 is 2. The molecule has 0 aromatic heterocycles. The first-order valence-electron chi connectivity index (χ1n) is 7.70. The average Bonchev–Trinajstić information content (AvgIpc) is 2.61. The number of hydrogen-bond donors (Lipinski definition) is 1. The van der Waals surface area contributed by atoms with Gasteiger partial charge in [-0.25, -0.2) is 0 Å². The predicted octanol–water partition coefficient (Wildman–Crippen LogP) is 4.41. The molecule has 1 amide bonds. The number of nitrogens with one attached hydrogen (secondary N) is 1. The third-order valence-electron chi connectivity index (χ3n) is 3.33. The van der Waals surface area contributed by atoms with Gasteiger partial charge < -0.3 is 19.5 Å². The molecule has 0 radical (unpaired) electrons. The highest BCUT2D eigenvalue weighted by Gasteiger charge is 2.07. The summed E-state index contributed by atoms with van der Waals surface area (Å²) in [5, 5.41) is 3.25. The molecule has 0 unspecified atom stereocenters. The van der Waals surface area contributed by atoms with Crippen molar-refractivity contribution in [1.29, 1.82) is 0 Å². The lowest BCUT2D eigenvalue weighted by atomic mass is 10.2. The minimum absolute atomic E-state index is 0.298. The Balaban J connectivity index is 2.11. The van der Waals surface area contributed by atoms with Crippen molar-refractivity contribution in [2.24, 2.45) is 0 Å². The maximum atomic E-state index is 12.1. The standard InChI is InChI=1S/C19H20ClNO4/c1-4-25-17-8-5-13(11-18(17)24-3)6-10-19(22)21-15-12-14(20)7-9-16(15)23-2/h5-12H,4H2,1-3H3,(H,21,22)/b10-6+. The van der Waals surface area contributed by atoms with Crippen LogP contribution >= 0.6 is 11.6 Å². The molecule has 0 saturated carbocycles. The van der Waals surface area contributed by atoms with Gasteiger partial charge in [0.05, 0.1) is 26.5 Å². The van der Waals surface area contributed by atoms with Crippen LogP contribution in [-0.4, -0.2) is 26.7 Å². The van der Waals surface area contributed by atoms with Crippen LogP contribution in [0.5, 0.6) is 17.2 Å². The van der Waals surface area contributed by atoms with Crippen molar-refractivity contribution in [2.45, 2.75) is 6.92 Å². The maximum absolute atomic E-state index is 12.1. The third kappa shape index (κ3) is 5.16. The normalized spacial score (nSPS) is 10.6. The highest BCUT2D eigenvalue weighted by Crippen LogP contribution is 2.29. The van der Waals surface area contributed by atoms with Crippen molar-refractivity contribution in [3.8, 4) is 17.2 Å². The molecule has 25 heavy (non-hydrogen) atoms. The summed E-state index contributed by atoms with van der Waals surface area (Å²) in [6.45, 7) is 2.46. The van der Waals surface area contributed by atoms with Crippen LogP contribution in [0.1, 0.15) is 12.5 Å². The maximum Gasteiger partial charge on any atom is 0.248 e. The summed E-state index contributed by atoms with van der Waals surface area (Å²) in [6.07, 6.45) is 3.11. The molecule has 0 saturated heterocycles. The smallest absolute Gasteiger partial charge is 0.248 e. The summed E-state index contributed by atoms with van der Waals surface area (Å²) < 4.78 is 16.0. The van der Waals surface area contributed by atoms with Crippen molar-refractivity contribution in [3.05, 3.63) is 53.1 Å². The molecular formula is C19H20ClNO4. The second kappa shape index (κ2) is 8.99. The van der Waals surface area contributed by atoms with Gasteiger partial charge in [0.1, 0.15) is 5.75 Å². The third-order valence-corrected chi connectivity index (χ3v) is 3.57. The highest BCUT2D eigenvalue weighted by atomic mass is 35.5. The molecule has 0 aliphatic carbocycles. The lowest BCUT2D eigenvalue weighted by Gasteiger charge is -2.10. The van der Waals surface area contributed by atoms with Crippen LogP contribution in [0.3, 0.4) is 0 Å². The zero-order valence-corrected chi connectivity index (χ0v) is 15.1. The zero-order chi connectivity index (χ0) is 18.2. The molecule has 0 heterocycles. The van der Waals surface area contributed by atoms with E-state index in [1.54, 1.807) is 43.5 Å². The van der Waals surface area contributed by atoms with Crippen LogP contribution < -0.4 is 19.5 Å². The van der Waals surface area contributed by atoms with E-state index in [-0.39, 0.29) is 5.91 Å². The first kappa shape index (κ1) is 18.7. The number of benzene rings is 2. The molecular weight excluding hydrogens is 342 g/mol. The van der Waals surface area contributed by atoms with Gasteiger partial charge in [0.15, 0.2) is 11.5 Å². The van der Waals surface area contributed by atoms with E-state index < -0.39 is 0 Å². The SMILES string of the molecule is CCOc1ccc(/C=C/C(=O)Nc2cc(Cl)ccc2OC)cc1OC. The van der Waals surface area contributed by atoms with Crippen molar-refractivity contribution in [3.63, 3.8) is 0 Å². The fourth-order valence-corrected chi connectivity index (χ4v) is 2.36. The van der Waals surface area contributed by atoms with Gasteiger partial charge in [0.25, 0.3) is 0 Å². The Kier molecular flexibility index (Phi) is 6.71. The van der Waals surface area contributed by atoms with E-state index in [4.69, 9.17) is 25.8 Å². The Hall–Kier alpha value is -2.66. The summed E-state index contributed by atoms with van der Waals surface area (Å²) in [6, 6.07) is 10.5. The van der Waals surface area contributed by atoms with E-state index in [9.17, 15) is 4.79 Å².